The molecule has 0 radical (unpaired) electrons. The third kappa shape index (κ3) is 4.05. The standard InChI is InChI=1S/C23H29NO2/c1-16(25)18-7-8-20-15-24(13-5-6-19(20)14-18)22(26)17-9-11-21(12-10-17)23(2,3)4/h7-12,14,22,26H,5-6,13,15H2,1-4H3. The highest BCUT2D eigenvalue weighted by atomic mass is 16.3. The molecule has 0 saturated carbocycles. The molecule has 138 valence electrons. The maximum absolute atomic E-state index is 11.6. The first-order valence-corrected chi connectivity index (χ1v) is 9.41. The second-order valence-corrected chi connectivity index (χ2v) is 8.36. The second-order valence-electron chi connectivity index (χ2n) is 8.36. The molecule has 1 atom stereocenters. The van der Waals surface area contributed by atoms with Crippen LogP contribution in [0.1, 0.15) is 73.0 Å². The van der Waals surface area contributed by atoms with E-state index in [0.29, 0.717) is 6.54 Å². The lowest BCUT2D eigenvalue weighted by atomic mass is 9.86. The number of nitrogens with zero attached hydrogens (tertiary/aromatic N) is 1. The molecule has 2 aromatic carbocycles. The largest absolute Gasteiger partial charge is 0.374 e. The van der Waals surface area contributed by atoms with Crippen LogP contribution < -0.4 is 0 Å². The summed E-state index contributed by atoms with van der Waals surface area (Å²) in [7, 11) is 0. The Hall–Kier alpha value is -1.97. The van der Waals surface area contributed by atoms with Crippen LogP contribution in [0.25, 0.3) is 0 Å². The molecule has 26 heavy (non-hydrogen) atoms. The van der Waals surface area contributed by atoms with E-state index in [4.69, 9.17) is 0 Å². The summed E-state index contributed by atoms with van der Waals surface area (Å²) in [5.74, 6) is 0.105. The molecule has 2 aromatic rings. The molecule has 1 aliphatic heterocycles. The number of benzene rings is 2. The molecule has 0 saturated heterocycles. The van der Waals surface area contributed by atoms with Crippen LogP contribution in [0.3, 0.4) is 0 Å². The molecule has 1 N–H and O–H groups in total. The summed E-state index contributed by atoms with van der Waals surface area (Å²) >= 11 is 0. The van der Waals surface area contributed by atoms with Gasteiger partial charge in [-0.2, -0.15) is 0 Å². The zero-order chi connectivity index (χ0) is 18.9. The van der Waals surface area contributed by atoms with Crippen LogP contribution in [0.15, 0.2) is 42.5 Å². The van der Waals surface area contributed by atoms with Crippen molar-refractivity contribution >= 4 is 5.78 Å². The minimum atomic E-state index is -0.609. The Bertz CT molecular complexity index is 787. The number of aliphatic hydroxyl groups is 1. The van der Waals surface area contributed by atoms with Crippen LogP contribution in [0, 0.1) is 0 Å². The molecule has 3 nitrogen and oxygen atoms in total. The van der Waals surface area contributed by atoms with E-state index in [2.05, 4.69) is 37.8 Å². The second kappa shape index (κ2) is 7.34. The molecular weight excluding hydrogens is 322 g/mol. The molecule has 1 heterocycles. The molecule has 3 rings (SSSR count). The van der Waals surface area contributed by atoms with Crippen molar-refractivity contribution < 1.29 is 9.90 Å². The van der Waals surface area contributed by atoms with Crippen molar-refractivity contribution in [3.05, 3.63) is 70.3 Å². The van der Waals surface area contributed by atoms with E-state index >= 15 is 0 Å². The van der Waals surface area contributed by atoms with Crippen molar-refractivity contribution in [2.24, 2.45) is 0 Å². The number of aryl methyl sites for hydroxylation is 1. The Morgan fingerprint density at radius 3 is 2.38 bits per heavy atom. The number of hydrogen-bond donors (Lipinski definition) is 1. The highest BCUT2D eigenvalue weighted by molar-refractivity contribution is 5.94. The lowest BCUT2D eigenvalue weighted by molar-refractivity contribution is -0.00336. The van der Waals surface area contributed by atoms with Gasteiger partial charge in [-0.3, -0.25) is 9.69 Å². The van der Waals surface area contributed by atoms with Crippen molar-refractivity contribution in [2.75, 3.05) is 6.54 Å². The van der Waals surface area contributed by atoms with Gasteiger partial charge >= 0.3 is 0 Å². The van der Waals surface area contributed by atoms with Crippen LogP contribution in [0.5, 0.6) is 0 Å². The summed E-state index contributed by atoms with van der Waals surface area (Å²) in [5, 5.41) is 10.9. The zero-order valence-corrected chi connectivity index (χ0v) is 16.2. The Labute approximate surface area is 156 Å². The van der Waals surface area contributed by atoms with Crippen molar-refractivity contribution in [1.82, 2.24) is 4.90 Å². The molecule has 0 aromatic heterocycles. The fraction of sp³-hybridized carbons (Fsp3) is 0.435. The van der Waals surface area contributed by atoms with Crippen LogP contribution in [-0.4, -0.2) is 22.3 Å². The average molecular weight is 351 g/mol. The van der Waals surface area contributed by atoms with Gasteiger partial charge in [-0.25, -0.2) is 0 Å². The number of fused-ring (bicyclic) bond motifs is 1. The number of ketones is 1. The minimum Gasteiger partial charge on any atom is -0.374 e. The summed E-state index contributed by atoms with van der Waals surface area (Å²) in [6, 6.07) is 14.3. The fourth-order valence-electron chi connectivity index (χ4n) is 3.58. The van der Waals surface area contributed by atoms with Crippen molar-refractivity contribution in [2.45, 2.75) is 58.7 Å². The lowest BCUT2D eigenvalue weighted by Gasteiger charge is -2.28. The number of carbonyl (C=O) groups excluding carboxylic acids is 1. The third-order valence-electron chi connectivity index (χ3n) is 5.30. The van der Waals surface area contributed by atoms with Crippen molar-refractivity contribution in [3.8, 4) is 0 Å². The van der Waals surface area contributed by atoms with Gasteiger partial charge in [0.1, 0.15) is 6.23 Å². The van der Waals surface area contributed by atoms with Crippen LogP contribution in [0.2, 0.25) is 0 Å². The minimum absolute atomic E-state index is 0.105. The Morgan fingerprint density at radius 1 is 1.08 bits per heavy atom. The topological polar surface area (TPSA) is 40.5 Å². The molecule has 0 spiro atoms. The number of Topliss-reactive ketones (excluding diaryl/α,β-unsaturated/α-hetero) is 1. The maximum atomic E-state index is 11.6. The lowest BCUT2D eigenvalue weighted by Crippen LogP contribution is -2.28. The molecule has 0 bridgehead atoms. The van der Waals surface area contributed by atoms with Crippen molar-refractivity contribution in [3.63, 3.8) is 0 Å². The maximum Gasteiger partial charge on any atom is 0.159 e. The number of carbonyl (C=O) groups is 1. The predicted octanol–water partition coefficient (Wildman–Crippen LogP) is 4.63. The predicted molar refractivity (Wildman–Crippen MR) is 105 cm³/mol. The highest BCUT2D eigenvalue weighted by Gasteiger charge is 2.23. The normalized spacial score (nSPS) is 16.7. The monoisotopic (exact) mass is 351 g/mol. The molecule has 1 aliphatic rings. The smallest absolute Gasteiger partial charge is 0.159 e. The first-order valence-electron chi connectivity index (χ1n) is 9.41. The summed E-state index contributed by atoms with van der Waals surface area (Å²) in [6.45, 7) is 9.73. The first-order chi connectivity index (χ1) is 12.3. The fourth-order valence-corrected chi connectivity index (χ4v) is 3.58. The summed E-state index contributed by atoms with van der Waals surface area (Å²) in [5.41, 5.74) is 5.52. The van der Waals surface area contributed by atoms with E-state index in [0.717, 1.165) is 30.5 Å². The van der Waals surface area contributed by atoms with Gasteiger partial charge in [0, 0.05) is 18.7 Å². The van der Waals surface area contributed by atoms with Gasteiger partial charge in [0.25, 0.3) is 0 Å². The molecule has 3 heteroatoms. The number of hydrogen-bond acceptors (Lipinski definition) is 3. The number of aliphatic hydroxyl groups excluding tert-OH is 1. The zero-order valence-electron chi connectivity index (χ0n) is 16.2. The highest BCUT2D eigenvalue weighted by Crippen LogP contribution is 2.28. The number of rotatable bonds is 3. The van der Waals surface area contributed by atoms with E-state index in [9.17, 15) is 9.90 Å². The molecule has 1 unspecified atom stereocenters. The molecule has 0 aliphatic carbocycles. The summed E-state index contributed by atoms with van der Waals surface area (Å²) in [6.07, 6.45) is 1.32. The Morgan fingerprint density at radius 2 is 1.77 bits per heavy atom. The summed E-state index contributed by atoms with van der Waals surface area (Å²) in [4.78, 5) is 13.7. The molecular formula is C23H29NO2. The molecule has 0 fully saturated rings. The SMILES string of the molecule is CC(=O)c1ccc2c(c1)CCCN(C(O)c1ccc(C(C)(C)C)cc1)C2. The van der Waals surface area contributed by atoms with E-state index < -0.39 is 6.23 Å². The summed E-state index contributed by atoms with van der Waals surface area (Å²) < 4.78 is 0. The Kier molecular flexibility index (Phi) is 5.31. The van der Waals surface area contributed by atoms with E-state index in [1.807, 2.05) is 30.3 Å². The molecule has 0 amide bonds. The van der Waals surface area contributed by atoms with Crippen molar-refractivity contribution in [1.29, 1.82) is 0 Å². The quantitative estimate of drug-likeness (QED) is 0.820. The van der Waals surface area contributed by atoms with Crippen LogP contribution in [-0.2, 0) is 18.4 Å². The Balaban J connectivity index is 1.80. The average Bonchev–Trinajstić information content (AvgIpc) is 2.82. The van der Waals surface area contributed by atoms with Crippen LogP contribution in [0.4, 0.5) is 0 Å². The van der Waals surface area contributed by atoms with E-state index in [-0.39, 0.29) is 11.2 Å². The van der Waals surface area contributed by atoms with Crippen LogP contribution >= 0.6 is 0 Å². The van der Waals surface area contributed by atoms with Gasteiger partial charge in [-0.1, -0.05) is 57.2 Å². The van der Waals surface area contributed by atoms with Gasteiger partial charge in [-0.05, 0) is 53.5 Å². The van der Waals surface area contributed by atoms with E-state index in [1.54, 1.807) is 6.92 Å². The third-order valence-corrected chi connectivity index (χ3v) is 5.30. The van der Waals surface area contributed by atoms with Gasteiger partial charge < -0.3 is 5.11 Å². The van der Waals surface area contributed by atoms with E-state index in [1.165, 1.54) is 16.7 Å². The first kappa shape index (κ1) is 18.8. The van der Waals surface area contributed by atoms with Gasteiger partial charge in [-0.15, -0.1) is 0 Å². The van der Waals surface area contributed by atoms with Gasteiger partial charge in [0.15, 0.2) is 5.78 Å². The van der Waals surface area contributed by atoms with Gasteiger partial charge in [0.2, 0.25) is 0 Å². The van der Waals surface area contributed by atoms with Gasteiger partial charge in [0.05, 0.1) is 0 Å².